The molecule has 0 bridgehead atoms. The van der Waals surface area contributed by atoms with E-state index < -0.39 is 11.2 Å². The third kappa shape index (κ3) is 2.81. The first-order valence-electron chi connectivity index (χ1n) is 4.31. The Bertz CT molecular complexity index is 365. The highest BCUT2D eigenvalue weighted by Gasteiger charge is 2.11. The van der Waals surface area contributed by atoms with E-state index in [0.717, 1.165) is 0 Å². The summed E-state index contributed by atoms with van der Waals surface area (Å²) in [6.07, 6.45) is -0.750. The molecule has 0 aliphatic carbocycles. The van der Waals surface area contributed by atoms with E-state index in [1.54, 1.807) is 6.92 Å². The van der Waals surface area contributed by atoms with Crippen molar-refractivity contribution in [1.29, 1.82) is 0 Å². The third-order valence-electron chi connectivity index (χ3n) is 1.76. The number of benzene rings is 1. The molecule has 0 radical (unpaired) electrons. The number of nitrogens with zero attached hydrogens (tertiary/aromatic N) is 1. The molecule has 6 nitrogen and oxygen atoms in total. The van der Waals surface area contributed by atoms with E-state index in [1.165, 1.54) is 25.3 Å². The van der Waals surface area contributed by atoms with Crippen molar-refractivity contribution in [2.24, 2.45) is 0 Å². The Morgan fingerprint density at radius 1 is 1.60 bits per heavy atom. The number of aliphatic hydroxyl groups is 1. The Hall–Kier alpha value is -1.82. The van der Waals surface area contributed by atoms with E-state index in [4.69, 9.17) is 9.84 Å². The van der Waals surface area contributed by atoms with E-state index >= 15 is 0 Å². The molecule has 15 heavy (non-hydrogen) atoms. The van der Waals surface area contributed by atoms with E-state index in [-0.39, 0.29) is 5.69 Å². The number of rotatable bonds is 4. The van der Waals surface area contributed by atoms with Gasteiger partial charge in [0.05, 0.1) is 23.8 Å². The summed E-state index contributed by atoms with van der Waals surface area (Å²) in [4.78, 5) is 9.98. The van der Waals surface area contributed by atoms with Crippen molar-refractivity contribution >= 4 is 11.4 Å². The summed E-state index contributed by atoms with van der Waals surface area (Å²) in [5.74, 6) is 0.324. The van der Waals surface area contributed by atoms with Crippen LogP contribution in [0.5, 0.6) is 5.75 Å². The number of anilines is 1. The van der Waals surface area contributed by atoms with Crippen molar-refractivity contribution < 1.29 is 14.8 Å². The molecule has 0 spiro atoms. The summed E-state index contributed by atoms with van der Waals surface area (Å²) in [5.41, 5.74) is 0.459. The number of aliphatic hydroxyl groups excluding tert-OH is 1. The van der Waals surface area contributed by atoms with E-state index in [0.29, 0.717) is 11.4 Å². The zero-order valence-electron chi connectivity index (χ0n) is 8.43. The first-order valence-corrected chi connectivity index (χ1v) is 4.31. The van der Waals surface area contributed by atoms with Crippen LogP contribution in [0.1, 0.15) is 6.92 Å². The van der Waals surface area contributed by atoms with Crippen LogP contribution in [0.4, 0.5) is 11.4 Å². The highest BCUT2D eigenvalue weighted by atomic mass is 16.6. The number of ether oxygens (including phenoxy) is 1. The molecule has 0 aliphatic heterocycles. The van der Waals surface area contributed by atoms with Crippen LogP contribution in [0.15, 0.2) is 18.2 Å². The molecule has 2 N–H and O–H groups in total. The third-order valence-corrected chi connectivity index (χ3v) is 1.76. The lowest BCUT2D eigenvalue weighted by molar-refractivity contribution is -0.384. The average Bonchev–Trinajstić information content (AvgIpc) is 2.17. The van der Waals surface area contributed by atoms with Gasteiger partial charge in [0.1, 0.15) is 12.0 Å². The fourth-order valence-electron chi connectivity index (χ4n) is 1.14. The molecule has 82 valence electrons. The standard InChI is InChI=1S/C9H12N2O4/c1-6(12)10-8-4-3-7(11(13)14)5-9(8)15-2/h3-6,10,12H,1-2H3. The minimum Gasteiger partial charge on any atom is -0.494 e. The Kier molecular flexibility index (Phi) is 3.46. The van der Waals surface area contributed by atoms with Gasteiger partial charge in [-0.1, -0.05) is 0 Å². The van der Waals surface area contributed by atoms with Gasteiger partial charge in [0, 0.05) is 6.07 Å². The van der Waals surface area contributed by atoms with Gasteiger partial charge in [0.2, 0.25) is 0 Å². The topological polar surface area (TPSA) is 84.6 Å². The molecule has 0 saturated carbocycles. The molecule has 1 atom stereocenters. The van der Waals surface area contributed by atoms with Gasteiger partial charge in [0.15, 0.2) is 0 Å². The van der Waals surface area contributed by atoms with E-state index in [1.807, 2.05) is 0 Å². The van der Waals surface area contributed by atoms with Crippen molar-refractivity contribution in [3.8, 4) is 5.75 Å². The summed E-state index contributed by atoms with van der Waals surface area (Å²) in [6, 6.07) is 4.13. The second-order valence-corrected chi connectivity index (χ2v) is 2.96. The maximum atomic E-state index is 10.5. The van der Waals surface area contributed by atoms with Crippen molar-refractivity contribution in [3.05, 3.63) is 28.3 Å². The van der Waals surface area contributed by atoms with Crippen molar-refractivity contribution in [3.63, 3.8) is 0 Å². The number of hydrogen-bond donors (Lipinski definition) is 2. The first kappa shape index (κ1) is 11.3. The molecule has 1 rings (SSSR count). The van der Waals surface area contributed by atoms with Crippen LogP contribution in [0.2, 0.25) is 0 Å². The fraction of sp³-hybridized carbons (Fsp3) is 0.333. The maximum absolute atomic E-state index is 10.5. The Balaban J connectivity index is 3.03. The predicted molar refractivity (Wildman–Crippen MR) is 55.0 cm³/mol. The summed E-state index contributed by atoms with van der Waals surface area (Å²) in [7, 11) is 1.41. The predicted octanol–water partition coefficient (Wildman–Crippen LogP) is 1.35. The second-order valence-electron chi connectivity index (χ2n) is 2.96. The number of hydrogen-bond acceptors (Lipinski definition) is 5. The molecule has 1 unspecified atom stereocenters. The summed E-state index contributed by atoms with van der Waals surface area (Å²) < 4.78 is 4.96. The molecule has 0 amide bonds. The van der Waals surface area contributed by atoms with Crippen molar-refractivity contribution in [2.45, 2.75) is 13.2 Å². The highest BCUT2D eigenvalue weighted by Crippen LogP contribution is 2.29. The van der Waals surface area contributed by atoms with Gasteiger partial charge in [0.25, 0.3) is 5.69 Å². The SMILES string of the molecule is COc1cc([N+](=O)[O-])ccc1NC(C)O. The molecule has 1 aromatic rings. The number of nitro benzene ring substituents is 1. The number of non-ortho nitro benzene ring substituents is 1. The van der Waals surface area contributed by atoms with Gasteiger partial charge in [-0.25, -0.2) is 0 Å². The minimum atomic E-state index is -0.750. The molecule has 0 saturated heterocycles. The van der Waals surface area contributed by atoms with E-state index in [9.17, 15) is 10.1 Å². The lowest BCUT2D eigenvalue weighted by atomic mass is 10.2. The fourth-order valence-corrected chi connectivity index (χ4v) is 1.14. The zero-order chi connectivity index (χ0) is 11.4. The molecular formula is C9H12N2O4. The van der Waals surface area contributed by atoms with Gasteiger partial charge in [-0.15, -0.1) is 0 Å². The van der Waals surface area contributed by atoms with Crippen LogP contribution >= 0.6 is 0 Å². The Morgan fingerprint density at radius 2 is 2.27 bits per heavy atom. The lowest BCUT2D eigenvalue weighted by Crippen LogP contribution is -2.14. The number of nitro groups is 1. The Morgan fingerprint density at radius 3 is 2.73 bits per heavy atom. The first-order chi connectivity index (χ1) is 7.04. The maximum Gasteiger partial charge on any atom is 0.273 e. The van der Waals surface area contributed by atoms with Crippen molar-refractivity contribution in [2.75, 3.05) is 12.4 Å². The second kappa shape index (κ2) is 4.61. The van der Waals surface area contributed by atoms with Gasteiger partial charge < -0.3 is 15.2 Å². The number of nitrogens with one attached hydrogen (secondary N) is 1. The molecule has 0 heterocycles. The van der Waals surface area contributed by atoms with Crippen LogP contribution < -0.4 is 10.1 Å². The van der Waals surface area contributed by atoms with Crippen LogP contribution in [0.25, 0.3) is 0 Å². The quantitative estimate of drug-likeness (QED) is 0.447. The van der Waals surface area contributed by atoms with Gasteiger partial charge in [-0.3, -0.25) is 10.1 Å². The van der Waals surface area contributed by atoms with Crippen LogP contribution in [-0.4, -0.2) is 23.4 Å². The molecule has 6 heteroatoms. The average molecular weight is 212 g/mol. The zero-order valence-corrected chi connectivity index (χ0v) is 8.43. The van der Waals surface area contributed by atoms with Gasteiger partial charge in [-0.2, -0.15) is 0 Å². The van der Waals surface area contributed by atoms with E-state index in [2.05, 4.69) is 5.32 Å². The molecular weight excluding hydrogens is 200 g/mol. The molecule has 0 aliphatic rings. The molecule has 0 fully saturated rings. The summed E-state index contributed by atoms with van der Waals surface area (Å²) in [6.45, 7) is 1.54. The molecule has 0 aromatic heterocycles. The normalized spacial score (nSPS) is 11.9. The highest BCUT2D eigenvalue weighted by molar-refractivity contribution is 5.60. The van der Waals surface area contributed by atoms with Crippen molar-refractivity contribution in [1.82, 2.24) is 0 Å². The van der Waals surface area contributed by atoms with Crippen LogP contribution in [0.3, 0.4) is 0 Å². The Labute approximate surface area is 86.6 Å². The lowest BCUT2D eigenvalue weighted by Gasteiger charge is -2.12. The monoisotopic (exact) mass is 212 g/mol. The van der Waals surface area contributed by atoms with Gasteiger partial charge in [-0.05, 0) is 13.0 Å². The summed E-state index contributed by atoms with van der Waals surface area (Å²) in [5, 5.41) is 22.3. The number of methoxy groups -OCH3 is 1. The van der Waals surface area contributed by atoms with Crippen LogP contribution in [0, 0.1) is 10.1 Å². The smallest absolute Gasteiger partial charge is 0.273 e. The van der Waals surface area contributed by atoms with Crippen LogP contribution in [-0.2, 0) is 0 Å². The summed E-state index contributed by atoms with van der Waals surface area (Å²) >= 11 is 0. The van der Waals surface area contributed by atoms with Gasteiger partial charge >= 0.3 is 0 Å². The molecule has 1 aromatic carbocycles. The minimum absolute atomic E-state index is 0.0528. The largest absolute Gasteiger partial charge is 0.494 e.